The first-order valence-electron chi connectivity index (χ1n) is 6.94. The molecule has 0 amide bonds. The van der Waals surface area contributed by atoms with Crippen LogP contribution in [0.4, 0.5) is 0 Å². The van der Waals surface area contributed by atoms with Crippen LogP contribution in [0.25, 0.3) is 0 Å². The number of hydrogen-bond donors (Lipinski definition) is 4. The first-order chi connectivity index (χ1) is 10.6. The molecule has 2 aromatic rings. The first-order valence-corrected chi connectivity index (χ1v) is 6.94. The van der Waals surface area contributed by atoms with Crippen LogP contribution in [0.2, 0.25) is 0 Å². The summed E-state index contributed by atoms with van der Waals surface area (Å²) in [4.78, 5) is 17.9. The van der Waals surface area contributed by atoms with Gasteiger partial charge in [0.15, 0.2) is 0 Å². The van der Waals surface area contributed by atoms with E-state index < -0.39 is 18.1 Å². The van der Waals surface area contributed by atoms with Crippen LogP contribution in [0.3, 0.4) is 0 Å². The minimum atomic E-state index is -0.981. The van der Waals surface area contributed by atoms with Gasteiger partial charge in [0.2, 0.25) is 0 Å². The molecule has 7 nitrogen and oxygen atoms in total. The Hall–Kier alpha value is -2.38. The molecule has 2 rings (SSSR count). The summed E-state index contributed by atoms with van der Waals surface area (Å²) >= 11 is 0. The number of aliphatic hydroxyl groups excluding tert-OH is 1. The minimum Gasteiger partial charge on any atom is -0.491 e. The van der Waals surface area contributed by atoms with Crippen LogP contribution < -0.4 is 10.1 Å². The number of hydrogen-bond acceptors (Lipinski definition) is 5. The van der Waals surface area contributed by atoms with Gasteiger partial charge in [0.1, 0.15) is 24.5 Å². The van der Waals surface area contributed by atoms with Gasteiger partial charge in [-0.15, -0.1) is 0 Å². The second-order valence-electron chi connectivity index (χ2n) is 4.86. The molecule has 7 heteroatoms. The van der Waals surface area contributed by atoms with Gasteiger partial charge in [-0.3, -0.25) is 4.79 Å². The van der Waals surface area contributed by atoms with Crippen molar-refractivity contribution in [3.63, 3.8) is 0 Å². The van der Waals surface area contributed by atoms with E-state index in [9.17, 15) is 15.0 Å². The van der Waals surface area contributed by atoms with E-state index in [0.29, 0.717) is 5.75 Å². The maximum absolute atomic E-state index is 11.2. The van der Waals surface area contributed by atoms with E-state index in [1.807, 2.05) is 18.2 Å². The molecule has 0 aliphatic rings. The van der Waals surface area contributed by atoms with Crippen LogP contribution in [-0.4, -0.2) is 51.4 Å². The van der Waals surface area contributed by atoms with Gasteiger partial charge in [-0.2, -0.15) is 0 Å². The third-order valence-electron chi connectivity index (χ3n) is 3.06. The SMILES string of the molecule is O=C(O)[C@H](Cc1cnc[nH]1)NC[C@@H](O)COc1ccccc1. The molecule has 1 heterocycles. The van der Waals surface area contributed by atoms with E-state index in [2.05, 4.69) is 15.3 Å². The van der Waals surface area contributed by atoms with E-state index in [0.717, 1.165) is 5.69 Å². The van der Waals surface area contributed by atoms with Crippen LogP contribution in [0.15, 0.2) is 42.9 Å². The van der Waals surface area contributed by atoms with Gasteiger partial charge < -0.3 is 25.3 Å². The molecular weight excluding hydrogens is 286 g/mol. The highest BCUT2D eigenvalue weighted by Gasteiger charge is 2.19. The quantitative estimate of drug-likeness (QED) is 0.535. The van der Waals surface area contributed by atoms with E-state index in [1.165, 1.54) is 6.33 Å². The summed E-state index contributed by atoms with van der Waals surface area (Å²) in [7, 11) is 0. The lowest BCUT2D eigenvalue weighted by Gasteiger charge is -2.17. The highest BCUT2D eigenvalue weighted by molar-refractivity contribution is 5.73. The standard InChI is InChI=1S/C15H19N3O4/c19-12(9-22-13-4-2-1-3-5-13)8-17-14(15(20)21)6-11-7-16-10-18-11/h1-5,7,10,12,14,17,19H,6,8-9H2,(H,16,18)(H,20,21)/t12-,14+/m1/s1. The molecule has 118 valence electrons. The van der Waals surface area contributed by atoms with Crippen molar-refractivity contribution in [1.29, 1.82) is 0 Å². The lowest BCUT2D eigenvalue weighted by atomic mass is 10.1. The molecule has 2 atom stereocenters. The molecule has 1 aromatic heterocycles. The number of carboxylic acid groups (broad SMARTS) is 1. The third kappa shape index (κ3) is 5.19. The van der Waals surface area contributed by atoms with Crippen molar-refractivity contribution in [3.05, 3.63) is 48.5 Å². The fourth-order valence-corrected chi connectivity index (χ4v) is 1.91. The molecular formula is C15H19N3O4. The molecule has 0 saturated heterocycles. The Bertz CT molecular complexity index is 559. The van der Waals surface area contributed by atoms with Gasteiger partial charge in [-0.05, 0) is 12.1 Å². The van der Waals surface area contributed by atoms with Crippen molar-refractivity contribution in [3.8, 4) is 5.75 Å². The number of H-pyrrole nitrogens is 1. The number of benzene rings is 1. The Labute approximate surface area is 128 Å². The Balaban J connectivity index is 1.75. The Morgan fingerprint density at radius 2 is 2.14 bits per heavy atom. The second-order valence-corrected chi connectivity index (χ2v) is 4.86. The molecule has 1 aromatic carbocycles. The Kier molecular flexibility index (Phi) is 5.93. The van der Waals surface area contributed by atoms with Crippen molar-refractivity contribution < 1.29 is 19.7 Å². The van der Waals surface area contributed by atoms with Crippen LogP contribution >= 0.6 is 0 Å². The van der Waals surface area contributed by atoms with Gasteiger partial charge >= 0.3 is 5.97 Å². The summed E-state index contributed by atoms with van der Waals surface area (Å²) in [6, 6.07) is 8.33. The van der Waals surface area contributed by atoms with Gasteiger partial charge in [-0.1, -0.05) is 18.2 Å². The number of imidazole rings is 1. The van der Waals surface area contributed by atoms with Gasteiger partial charge in [0, 0.05) is 24.9 Å². The lowest BCUT2D eigenvalue weighted by Crippen LogP contribution is -2.43. The van der Waals surface area contributed by atoms with Crippen molar-refractivity contribution >= 4 is 5.97 Å². The third-order valence-corrected chi connectivity index (χ3v) is 3.06. The Morgan fingerprint density at radius 3 is 2.77 bits per heavy atom. The number of ether oxygens (including phenoxy) is 1. The maximum Gasteiger partial charge on any atom is 0.321 e. The highest BCUT2D eigenvalue weighted by Crippen LogP contribution is 2.08. The minimum absolute atomic E-state index is 0.0907. The van der Waals surface area contributed by atoms with Crippen molar-refractivity contribution in [2.75, 3.05) is 13.2 Å². The van der Waals surface area contributed by atoms with Crippen molar-refractivity contribution in [1.82, 2.24) is 15.3 Å². The molecule has 0 aliphatic carbocycles. The van der Waals surface area contributed by atoms with E-state index in [4.69, 9.17) is 4.74 Å². The van der Waals surface area contributed by atoms with E-state index in [-0.39, 0.29) is 19.6 Å². The molecule has 4 N–H and O–H groups in total. The summed E-state index contributed by atoms with van der Waals surface area (Å²) in [6.45, 7) is 0.214. The number of aliphatic hydroxyl groups is 1. The summed E-state index contributed by atoms with van der Waals surface area (Å²) in [5, 5.41) is 21.9. The van der Waals surface area contributed by atoms with Crippen LogP contribution in [-0.2, 0) is 11.2 Å². The number of aliphatic carboxylic acids is 1. The number of nitrogens with zero attached hydrogens (tertiary/aromatic N) is 1. The monoisotopic (exact) mass is 305 g/mol. The number of aromatic amines is 1. The zero-order valence-corrected chi connectivity index (χ0v) is 12.0. The van der Waals surface area contributed by atoms with Crippen molar-refractivity contribution in [2.45, 2.75) is 18.6 Å². The number of rotatable bonds is 9. The van der Waals surface area contributed by atoms with Crippen LogP contribution in [0.1, 0.15) is 5.69 Å². The van der Waals surface area contributed by atoms with Crippen molar-refractivity contribution in [2.24, 2.45) is 0 Å². The number of carboxylic acids is 1. The number of carbonyl (C=O) groups is 1. The summed E-state index contributed by atoms with van der Waals surface area (Å²) in [5.41, 5.74) is 0.718. The molecule has 0 unspecified atom stereocenters. The molecule has 0 bridgehead atoms. The first kappa shape index (κ1) is 16.0. The molecule has 0 fully saturated rings. The fourth-order valence-electron chi connectivity index (χ4n) is 1.91. The molecule has 0 spiro atoms. The number of nitrogens with one attached hydrogen (secondary N) is 2. The zero-order valence-electron chi connectivity index (χ0n) is 12.0. The largest absolute Gasteiger partial charge is 0.491 e. The van der Waals surface area contributed by atoms with Gasteiger partial charge in [0.05, 0.1) is 6.33 Å². The summed E-state index contributed by atoms with van der Waals surface area (Å²) in [6.07, 6.45) is 2.54. The van der Waals surface area contributed by atoms with Gasteiger partial charge in [0.25, 0.3) is 0 Å². The van der Waals surface area contributed by atoms with Gasteiger partial charge in [-0.25, -0.2) is 4.98 Å². The summed E-state index contributed by atoms with van der Waals surface area (Å²) in [5.74, 6) is -0.320. The topological polar surface area (TPSA) is 107 Å². The predicted molar refractivity (Wildman–Crippen MR) is 79.7 cm³/mol. The molecule has 22 heavy (non-hydrogen) atoms. The average molecular weight is 305 g/mol. The predicted octanol–water partition coefficient (Wildman–Crippen LogP) is 0.435. The Morgan fingerprint density at radius 1 is 1.36 bits per heavy atom. The summed E-state index contributed by atoms with van der Waals surface area (Å²) < 4.78 is 5.41. The zero-order chi connectivity index (χ0) is 15.8. The number of aromatic nitrogens is 2. The lowest BCUT2D eigenvalue weighted by molar-refractivity contribution is -0.139. The maximum atomic E-state index is 11.2. The molecule has 0 radical (unpaired) electrons. The molecule has 0 aliphatic heterocycles. The number of para-hydroxylation sites is 1. The van der Waals surface area contributed by atoms with E-state index >= 15 is 0 Å². The molecule has 0 saturated carbocycles. The van der Waals surface area contributed by atoms with Crippen LogP contribution in [0, 0.1) is 0 Å². The normalized spacial score (nSPS) is 13.5. The fraction of sp³-hybridized carbons (Fsp3) is 0.333. The average Bonchev–Trinajstić information content (AvgIpc) is 3.03. The second kappa shape index (κ2) is 8.16. The van der Waals surface area contributed by atoms with E-state index in [1.54, 1.807) is 18.3 Å². The van der Waals surface area contributed by atoms with Crippen LogP contribution in [0.5, 0.6) is 5.75 Å². The smallest absolute Gasteiger partial charge is 0.321 e. The highest BCUT2D eigenvalue weighted by atomic mass is 16.5.